The second kappa shape index (κ2) is 5.46. The number of benzene rings is 2. The van der Waals surface area contributed by atoms with Crippen molar-refractivity contribution >= 4 is 32.4 Å². The normalized spacial score (nSPS) is 10.8. The van der Waals surface area contributed by atoms with Crippen LogP contribution >= 0.6 is 11.3 Å². The highest BCUT2D eigenvalue weighted by atomic mass is 32.1. The van der Waals surface area contributed by atoms with Gasteiger partial charge in [-0.2, -0.15) is 0 Å². The maximum atomic E-state index is 12.8. The largest absolute Gasteiger partial charge is 0.399 e. The van der Waals surface area contributed by atoms with E-state index in [0.717, 1.165) is 39.6 Å². The molecular weight excluding hydrogens is 273 g/mol. The van der Waals surface area contributed by atoms with Gasteiger partial charge in [0.15, 0.2) is 5.13 Å². The quantitative estimate of drug-likeness (QED) is 0.720. The summed E-state index contributed by atoms with van der Waals surface area (Å²) in [4.78, 5) is 4.49. The molecule has 0 aliphatic carbocycles. The van der Waals surface area contributed by atoms with Gasteiger partial charge in [-0.05, 0) is 42.3 Å². The molecule has 0 amide bonds. The van der Waals surface area contributed by atoms with Crippen LogP contribution < -0.4 is 11.1 Å². The number of aromatic nitrogens is 1. The molecule has 0 radical (unpaired) electrons. The second-order valence-electron chi connectivity index (χ2n) is 4.55. The van der Waals surface area contributed by atoms with E-state index in [2.05, 4.69) is 10.3 Å². The van der Waals surface area contributed by atoms with Crippen LogP contribution in [0.2, 0.25) is 0 Å². The molecule has 2 aromatic carbocycles. The van der Waals surface area contributed by atoms with Gasteiger partial charge in [0.1, 0.15) is 5.82 Å². The van der Waals surface area contributed by atoms with Gasteiger partial charge in [-0.25, -0.2) is 9.37 Å². The van der Waals surface area contributed by atoms with Crippen LogP contribution in [0.1, 0.15) is 5.56 Å². The first-order valence-electron chi connectivity index (χ1n) is 6.35. The van der Waals surface area contributed by atoms with E-state index >= 15 is 0 Å². The average molecular weight is 287 g/mol. The summed E-state index contributed by atoms with van der Waals surface area (Å²) in [6, 6.07) is 12.3. The van der Waals surface area contributed by atoms with Crippen molar-refractivity contribution in [3.05, 3.63) is 53.8 Å². The summed E-state index contributed by atoms with van der Waals surface area (Å²) in [6.07, 6.45) is 0.832. The Labute approximate surface area is 120 Å². The topological polar surface area (TPSA) is 50.9 Å². The van der Waals surface area contributed by atoms with E-state index < -0.39 is 0 Å². The zero-order valence-electron chi connectivity index (χ0n) is 10.8. The molecule has 0 saturated heterocycles. The predicted molar refractivity (Wildman–Crippen MR) is 82.6 cm³/mol. The first-order valence-corrected chi connectivity index (χ1v) is 7.17. The molecule has 3 rings (SSSR count). The molecule has 3 aromatic rings. The number of nitrogens with two attached hydrogens (primary N) is 1. The molecule has 0 spiro atoms. The van der Waals surface area contributed by atoms with Gasteiger partial charge in [0.25, 0.3) is 0 Å². The van der Waals surface area contributed by atoms with Crippen molar-refractivity contribution in [3.63, 3.8) is 0 Å². The molecule has 0 aliphatic rings. The van der Waals surface area contributed by atoms with Gasteiger partial charge in [-0.1, -0.05) is 23.5 Å². The molecule has 1 aromatic heterocycles. The summed E-state index contributed by atoms with van der Waals surface area (Å²) < 4.78 is 13.9. The minimum absolute atomic E-state index is 0.203. The first kappa shape index (κ1) is 12.9. The number of anilines is 2. The van der Waals surface area contributed by atoms with Gasteiger partial charge in [0.05, 0.1) is 10.2 Å². The summed E-state index contributed by atoms with van der Waals surface area (Å²) in [5.74, 6) is -0.203. The fourth-order valence-corrected chi connectivity index (χ4v) is 2.92. The van der Waals surface area contributed by atoms with E-state index in [-0.39, 0.29) is 5.82 Å². The zero-order valence-corrected chi connectivity index (χ0v) is 11.6. The van der Waals surface area contributed by atoms with Crippen molar-refractivity contribution in [2.45, 2.75) is 6.42 Å². The molecule has 102 valence electrons. The monoisotopic (exact) mass is 287 g/mol. The van der Waals surface area contributed by atoms with Gasteiger partial charge in [-0.3, -0.25) is 0 Å². The number of rotatable bonds is 4. The highest BCUT2D eigenvalue weighted by Crippen LogP contribution is 2.27. The van der Waals surface area contributed by atoms with E-state index in [0.29, 0.717) is 0 Å². The lowest BCUT2D eigenvalue weighted by Gasteiger charge is -2.02. The van der Waals surface area contributed by atoms with Crippen LogP contribution in [0.3, 0.4) is 0 Å². The van der Waals surface area contributed by atoms with Crippen LogP contribution in [-0.2, 0) is 6.42 Å². The van der Waals surface area contributed by atoms with E-state index in [1.807, 2.05) is 18.2 Å². The molecule has 5 heteroatoms. The smallest absolute Gasteiger partial charge is 0.183 e. The van der Waals surface area contributed by atoms with Crippen LogP contribution in [-0.4, -0.2) is 11.5 Å². The minimum Gasteiger partial charge on any atom is -0.399 e. The van der Waals surface area contributed by atoms with Crippen molar-refractivity contribution in [1.29, 1.82) is 0 Å². The number of thiazole rings is 1. The maximum absolute atomic E-state index is 12.8. The van der Waals surface area contributed by atoms with Gasteiger partial charge in [0, 0.05) is 12.2 Å². The summed E-state index contributed by atoms with van der Waals surface area (Å²) in [5, 5.41) is 4.17. The van der Waals surface area contributed by atoms with Crippen molar-refractivity contribution in [2.24, 2.45) is 0 Å². The Hall–Kier alpha value is -2.14. The number of halogens is 1. The summed E-state index contributed by atoms with van der Waals surface area (Å²) in [5.41, 5.74) is 8.55. The predicted octanol–water partition coefficient (Wildman–Crippen LogP) is 3.67. The molecule has 0 aliphatic heterocycles. The van der Waals surface area contributed by atoms with Crippen molar-refractivity contribution < 1.29 is 4.39 Å². The lowest BCUT2D eigenvalue weighted by atomic mass is 10.1. The van der Waals surface area contributed by atoms with E-state index in [1.165, 1.54) is 12.1 Å². The molecule has 0 atom stereocenters. The van der Waals surface area contributed by atoms with Crippen LogP contribution in [0.5, 0.6) is 0 Å². The van der Waals surface area contributed by atoms with Crippen LogP contribution in [0.15, 0.2) is 42.5 Å². The lowest BCUT2D eigenvalue weighted by molar-refractivity contribution is 0.627. The van der Waals surface area contributed by atoms with Crippen molar-refractivity contribution in [1.82, 2.24) is 4.98 Å². The van der Waals surface area contributed by atoms with E-state index in [4.69, 9.17) is 5.73 Å². The fourth-order valence-electron chi connectivity index (χ4n) is 1.98. The Kier molecular flexibility index (Phi) is 3.52. The molecule has 3 nitrogen and oxygen atoms in total. The SMILES string of the molecule is Nc1ccc2nc(NCCc3ccc(F)cc3)sc2c1. The Bertz CT molecular complexity index is 722. The Morgan fingerprint density at radius 2 is 1.95 bits per heavy atom. The highest BCUT2D eigenvalue weighted by Gasteiger charge is 2.03. The van der Waals surface area contributed by atoms with Gasteiger partial charge >= 0.3 is 0 Å². The molecular formula is C15H14FN3S. The van der Waals surface area contributed by atoms with E-state index in [1.54, 1.807) is 23.5 Å². The van der Waals surface area contributed by atoms with Crippen LogP contribution in [0, 0.1) is 5.82 Å². The third-order valence-corrected chi connectivity index (χ3v) is 3.99. The zero-order chi connectivity index (χ0) is 13.9. The summed E-state index contributed by atoms with van der Waals surface area (Å²) >= 11 is 1.59. The molecule has 0 fully saturated rings. The second-order valence-corrected chi connectivity index (χ2v) is 5.58. The molecule has 0 unspecified atom stereocenters. The number of hydrogen-bond donors (Lipinski definition) is 2. The molecule has 20 heavy (non-hydrogen) atoms. The Balaban J connectivity index is 1.63. The maximum Gasteiger partial charge on any atom is 0.183 e. The van der Waals surface area contributed by atoms with Gasteiger partial charge < -0.3 is 11.1 Å². The summed E-state index contributed by atoms with van der Waals surface area (Å²) in [7, 11) is 0. The lowest BCUT2D eigenvalue weighted by Crippen LogP contribution is -2.04. The highest BCUT2D eigenvalue weighted by molar-refractivity contribution is 7.22. The number of fused-ring (bicyclic) bond motifs is 1. The van der Waals surface area contributed by atoms with Gasteiger partial charge in [0.2, 0.25) is 0 Å². The van der Waals surface area contributed by atoms with Crippen molar-refractivity contribution in [2.75, 3.05) is 17.6 Å². The number of nitrogen functional groups attached to an aromatic ring is 1. The molecule has 0 bridgehead atoms. The first-order chi connectivity index (χ1) is 9.70. The number of nitrogens with one attached hydrogen (secondary N) is 1. The minimum atomic E-state index is -0.203. The van der Waals surface area contributed by atoms with Crippen LogP contribution in [0.25, 0.3) is 10.2 Å². The average Bonchev–Trinajstić information content (AvgIpc) is 2.83. The summed E-state index contributed by atoms with van der Waals surface area (Å²) in [6.45, 7) is 0.765. The fraction of sp³-hybridized carbons (Fsp3) is 0.133. The molecule has 0 saturated carbocycles. The van der Waals surface area contributed by atoms with Gasteiger partial charge in [-0.15, -0.1) is 0 Å². The molecule has 1 heterocycles. The molecule has 3 N–H and O–H groups in total. The third kappa shape index (κ3) is 2.88. The Morgan fingerprint density at radius 3 is 2.75 bits per heavy atom. The standard InChI is InChI=1S/C15H14FN3S/c16-11-3-1-10(2-4-11)7-8-18-15-19-13-6-5-12(17)9-14(13)20-15/h1-6,9H,7-8,17H2,(H,18,19). The van der Waals surface area contributed by atoms with Crippen molar-refractivity contribution in [3.8, 4) is 0 Å². The van der Waals surface area contributed by atoms with E-state index in [9.17, 15) is 4.39 Å². The van der Waals surface area contributed by atoms with Crippen LogP contribution in [0.4, 0.5) is 15.2 Å². The third-order valence-electron chi connectivity index (χ3n) is 3.02. The number of nitrogens with zero attached hydrogens (tertiary/aromatic N) is 1. The number of hydrogen-bond acceptors (Lipinski definition) is 4. The Morgan fingerprint density at radius 1 is 1.15 bits per heavy atom.